The number of aliphatic carboxylic acids is 1. The fraction of sp³-hybridized carbons (Fsp3) is 0.462. The maximum atomic E-state index is 12.2. The summed E-state index contributed by atoms with van der Waals surface area (Å²) in [5.74, 6) is -1.79. The van der Waals surface area contributed by atoms with Crippen LogP contribution in [0.3, 0.4) is 0 Å². The smallest absolute Gasteiger partial charge is 0.326 e. The van der Waals surface area contributed by atoms with E-state index >= 15 is 0 Å². The Morgan fingerprint density at radius 3 is 2.85 bits per heavy atom. The molecule has 0 aromatic carbocycles. The number of carbonyl (C=O) groups excluding carboxylic acids is 2. The number of hydrogen-bond acceptors (Lipinski definition) is 4. The normalized spacial score (nSPS) is 19.6. The summed E-state index contributed by atoms with van der Waals surface area (Å²) >= 11 is 0. The van der Waals surface area contributed by atoms with Gasteiger partial charge in [-0.1, -0.05) is 0 Å². The van der Waals surface area contributed by atoms with Crippen LogP contribution in [-0.4, -0.2) is 46.4 Å². The molecule has 0 bridgehead atoms. The average molecular weight is 280 g/mol. The third-order valence-electron chi connectivity index (χ3n) is 3.28. The lowest BCUT2D eigenvalue weighted by Crippen LogP contribution is -2.50. The number of carboxylic acids is 1. The molecule has 1 aliphatic rings. The molecular weight excluding hydrogens is 264 g/mol. The zero-order valence-electron chi connectivity index (χ0n) is 11.0. The minimum absolute atomic E-state index is 0.112. The largest absolute Gasteiger partial charge is 0.480 e. The molecule has 0 aliphatic carbocycles. The van der Waals surface area contributed by atoms with Gasteiger partial charge in [-0.3, -0.25) is 9.59 Å². The number of nitrogens with zero attached hydrogens (tertiary/aromatic N) is 1. The number of hydrogen-bond donors (Lipinski definition) is 2. The number of amides is 2. The van der Waals surface area contributed by atoms with Crippen LogP contribution < -0.4 is 5.32 Å². The van der Waals surface area contributed by atoms with Gasteiger partial charge in [-0.25, -0.2) is 4.79 Å². The quantitative estimate of drug-likeness (QED) is 0.835. The van der Waals surface area contributed by atoms with Crippen LogP contribution in [0.25, 0.3) is 0 Å². The molecule has 1 aromatic heterocycles. The molecule has 108 valence electrons. The second-order valence-corrected chi connectivity index (χ2v) is 4.70. The number of likely N-dealkylation sites (tertiary alicyclic amines) is 1. The van der Waals surface area contributed by atoms with E-state index in [1.807, 2.05) is 0 Å². The molecule has 7 heteroatoms. The summed E-state index contributed by atoms with van der Waals surface area (Å²) < 4.78 is 4.93. The zero-order chi connectivity index (χ0) is 14.7. The monoisotopic (exact) mass is 280 g/mol. The lowest BCUT2D eigenvalue weighted by atomic mass is 10.2. The number of carboxylic acid groups (broad SMARTS) is 1. The summed E-state index contributed by atoms with van der Waals surface area (Å²) in [5.41, 5.74) is 0. The molecule has 2 heterocycles. The Morgan fingerprint density at radius 1 is 1.50 bits per heavy atom. The van der Waals surface area contributed by atoms with Crippen molar-refractivity contribution in [3.05, 3.63) is 24.2 Å². The minimum atomic E-state index is -1.01. The van der Waals surface area contributed by atoms with E-state index in [0.717, 1.165) is 0 Å². The topological polar surface area (TPSA) is 99.9 Å². The fourth-order valence-corrected chi connectivity index (χ4v) is 2.27. The van der Waals surface area contributed by atoms with Crippen LogP contribution in [0.15, 0.2) is 22.8 Å². The first-order valence-electron chi connectivity index (χ1n) is 6.38. The molecule has 2 unspecified atom stereocenters. The van der Waals surface area contributed by atoms with Crippen LogP contribution in [-0.2, 0) is 9.59 Å². The van der Waals surface area contributed by atoms with Crippen molar-refractivity contribution in [1.29, 1.82) is 0 Å². The lowest BCUT2D eigenvalue weighted by molar-refractivity contribution is -0.148. The van der Waals surface area contributed by atoms with Gasteiger partial charge in [0.1, 0.15) is 12.1 Å². The molecule has 1 aromatic rings. The molecule has 0 saturated carbocycles. The zero-order valence-corrected chi connectivity index (χ0v) is 11.0. The third kappa shape index (κ3) is 2.81. The van der Waals surface area contributed by atoms with Gasteiger partial charge in [-0.05, 0) is 31.9 Å². The van der Waals surface area contributed by atoms with Gasteiger partial charge < -0.3 is 19.7 Å². The Bertz CT molecular complexity index is 511. The Balaban J connectivity index is 1.98. The highest BCUT2D eigenvalue weighted by Crippen LogP contribution is 2.18. The second-order valence-electron chi connectivity index (χ2n) is 4.70. The molecule has 1 saturated heterocycles. The Hall–Kier alpha value is -2.31. The van der Waals surface area contributed by atoms with E-state index in [0.29, 0.717) is 19.4 Å². The van der Waals surface area contributed by atoms with E-state index in [9.17, 15) is 14.4 Å². The second kappa shape index (κ2) is 5.77. The van der Waals surface area contributed by atoms with Crippen molar-refractivity contribution in [2.24, 2.45) is 0 Å². The highest BCUT2D eigenvalue weighted by molar-refractivity contribution is 5.96. The maximum Gasteiger partial charge on any atom is 0.326 e. The van der Waals surface area contributed by atoms with E-state index in [-0.39, 0.29) is 5.76 Å². The predicted octanol–water partition coefficient (Wildman–Crippen LogP) is 0.473. The molecule has 1 aliphatic heterocycles. The summed E-state index contributed by atoms with van der Waals surface area (Å²) in [6.45, 7) is 1.93. The summed E-state index contributed by atoms with van der Waals surface area (Å²) in [6.07, 6.45) is 2.46. The number of furan rings is 1. The summed E-state index contributed by atoms with van der Waals surface area (Å²) in [5, 5.41) is 11.6. The summed E-state index contributed by atoms with van der Waals surface area (Å²) in [6, 6.07) is 1.46. The van der Waals surface area contributed by atoms with E-state index in [1.165, 1.54) is 24.2 Å². The molecular formula is C13H16N2O5. The molecule has 2 rings (SSSR count). The first-order chi connectivity index (χ1) is 9.50. The Morgan fingerprint density at radius 2 is 2.25 bits per heavy atom. The van der Waals surface area contributed by atoms with Crippen LogP contribution in [0.1, 0.15) is 30.3 Å². The Kier molecular flexibility index (Phi) is 4.07. The van der Waals surface area contributed by atoms with E-state index in [2.05, 4.69) is 5.32 Å². The van der Waals surface area contributed by atoms with Gasteiger partial charge in [0.05, 0.1) is 6.26 Å². The van der Waals surface area contributed by atoms with Gasteiger partial charge >= 0.3 is 5.97 Å². The molecule has 2 amide bonds. The molecule has 1 fully saturated rings. The van der Waals surface area contributed by atoms with E-state index in [4.69, 9.17) is 9.52 Å². The van der Waals surface area contributed by atoms with Crippen LogP contribution in [0.2, 0.25) is 0 Å². The predicted molar refractivity (Wildman–Crippen MR) is 68.0 cm³/mol. The maximum absolute atomic E-state index is 12.2. The van der Waals surface area contributed by atoms with Gasteiger partial charge in [0.15, 0.2) is 5.76 Å². The highest BCUT2D eigenvalue weighted by atomic mass is 16.4. The van der Waals surface area contributed by atoms with Crippen molar-refractivity contribution in [2.75, 3.05) is 6.54 Å². The summed E-state index contributed by atoms with van der Waals surface area (Å²) in [4.78, 5) is 36.3. The van der Waals surface area contributed by atoms with Crippen molar-refractivity contribution in [3.8, 4) is 0 Å². The number of nitrogens with one attached hydrogen (secondary N) is 1. The molecule has 20 heavy (non-hydrogen) atoms. The molecule has 7 nitrogen and oxygen atoms in total. The van der Waals surface area contributed by atoms with Gasteiger partial charge in [0.25, 0.3) is 5.91 Å². The first kappa shape index (κ1) is 14.1. The van der Waals surface area contributed by atoms with Crippen molar-refractivity contribution < 1.29 is 23.9 Å². The fourth-order valence-electron chi connectivity index (χ4n) is 2.27. The number of carbonyl (C=O) groups is 3. The summed E-state index contributed by atoms with van der Waals surface area (Å²) in [7, 11) is 0. The van der Waals surface area contributed by atoms with Crippen molar-refractivity contribution >= 4 is 17.8 Å². The van der Waals surface area contributed by atoms with Gasteiger partial charge in [0.2, 0.25) is 5.91 Å². The molecule has 0 radical (unpaired) electrons. The van der Waals surface area contributed by atoms with Crippen molar-refractivity contribution in [2.45, 2.75) is 31.8 Å². The standard InChI is InChI=1S/C13H16N2O5/c1-8(14-11(16)10-5-3-7-20-10)12(17)15-6-2-4-9(15)13(18)19/h3,5,7-9H,2,4,6H2,1H3,(H,14,16)(H,18,19). The SMILES string of the molecule is CC(NC(=O)c1ccco1)C(=O)N1CCCC1C(=O)O. The van der Waals surface area contributed by atoms with Crippen LogP contribution in [0, 0.1) is 0 Å². The van der Waals surface area contributed by atoms with Gasteiger partial charge in [-0.15, -0.1) is 0 Å². The lowest BCUT2D eigenvalue weighted by Gasteiger charge is -2.25. The first-order valence-corrected chi connectivity index (χ1v) is 6.38. The minimum Gasteiger partial charge on any atom is -0.480 e. The Labute approximate surface area is 115 Å². The third-order valence-corrected chi connectivity index (χ3v) is 3.28. The number of rotatable bonds is 4. The van der Waals surface area contributed by atoms with Crippen molar-refractivity contribution in [1.82, 2.24) is 10.2 Å². The molecule has 2 atom stereocenters. The highest BCUT2D eigenvalue weighted by Gasteiger charge is 2.36. The van der Waals surface area contributed by atoms with E-state index in [1.54, 1.807) is 6.07 Å². The van der Waals surface area contributed by atoms with Crippen LogP contribution >= 0.6 is 0 Å². The average Bonchev–Trinajstić information content (AvgIpc) is 3.08. The van der Waals surface area contributed by atoms with Crippen LogP contribution in [0.5, 0.6) is 0 Å². The molecule has 0 spiro atoms. The van der Waals surface area contributed by atoms with Crippen molar-refractivity contribution in [3.63, 3.8) is 0 Å². The van der Waals surface area contributed by atoms with Gasteiger partial charge in [0, 0.05) is 6.54 Å². The molecule has 2 N–H and O–H groups in total. The van der Waals surface area contributed by atoms with Gasteiger partial charge in [-0.2, -0.15) is 0 Å². The van der Waals surface area contributed by atoms with Crippen LogP contribution in [0.4, 0.5) is 0 Å². The van der Waals surface area contributed by atoms with E-state index < -0.39 is 29.9 Å².